The fourth-order valence-corrected chi connectivity index (χ4v) is 1.25. The standard InChI is InChI=1S/C12H16/c1-3-11(2)12-9-7-5-4-6-8-10-12/h4-7,9H,2-3,8,10H2,1H3. The van der Waals surface area contributed by atoms with Crippen molar-refractivity contribution in [3.63, 3.8) is 0 Å². The summed E-state index contributed by atoms with van der Waals surface area (Å²) in [6.45, 7) is 6.20. The van der Waals surface area contributed by atoms with Gasteiger partial charge in [0.2, 0.25) is 0 Å². The molecule has 0 spiro atoms. The van der Waals surface area contributed by atoms with Crippen LogP contribution in [0, 0.1) is 0 Å². The third kappa shape index (κ3) is 2.54. The zero-order valence-electron chi connectivity index (χ0n) is 7.72. The number of rotatable bonds is 2. The summed E-state index contributed by atoms with van der Waals surface area (Å²) in [6, 6.07) is 0. The Bertz CT molecular complexity index is 239. The highest BCUT2D eigenvalue weighted by Gasteiger charge is 1.99. The first-order valence-corrected chi connectivity index (χ1v) is 4.55. The second-order valence-corrected chi connectivity index (χ2v) is 3.00. The quantitative estimate of drug-likeness (QED) is 0.576. The van der Waals surface area contributed by atoms with Crippen molar-refractivity contribution in [1.82, 2.24) is 0 Å². The third-order valence-corrected chi connectivity index (χ3v) is 2.12. The Labute approximate surface area is 75.0 Å². The van der Waals surface area contributed by atoms with E-state index in [2.05, 4.69) is 43.9 Å². The average molecular weight is 160 g/mol. The first-order chi connectivity index (χ1) is 5.84. The van der Waals surface area contributed by atoms with Gasteiger partial charge in [-0.05, 0) is 24.8 Å². The van der Waals surface area contributed by atoms with Crippen molar-refractivity contribution in [2.75, 3.05) is 0 Å². The summed E-state index contributed by atoms with van der Waals surface area (Å²) in [6.07, 6.45) is 14.0. The summed E-state index contributed by atoms with van der Waals surface area (Å²) in [4.78, 5) is 0. The van der Waals surface area contributed by atoms with Gasteiger partial charge in [-0.25, -0.2) is 0 Å². The van der Waals surface area contributed by atoms with Gasteiger partial charge in [-0.1, -0.05) is 49.5 Å². The van der Waals surface area contributed by atoms with E-state index < -0.39 is 0 Å². The van der Waals surface area contributed by atoms with Crippen molar-refractivity contribution in [3.05, 3.63) is 48.1 Å². The van der Waals surface area contributed by atoms with E-state index in [9.17, 15) is 0 Å². The van der Waals surface area contributed by atoms with E-state index in [1.54, 1.807) is 0 Å². The summed E-state index contributed by atoms with van der Waals surface area (Å²) in [5.74, 6) is 0. The molecular weight excluding hydrogens is 144 g/mol. The molecule has 0 fully saturated rings. The largest absolute Gasteiger partial charge is 0.0956 e. The second kappa shape index (κ2) is 4.76. The van der Waals surface area contributed by atoms with Gasteiger partial charge in [0.1, 0.15) is 0 Å². The third-order valence-electron chi connectivity index (χ3n) is 2.12. The summed E-state index contributed by atoms with van der Waals surface area (Å²) in [5, 5.41) is 0. The molecule has 0 unspecified atom stereocenters. The van der Waals surface area contributed by atoms with Crippen LogP contribution in [-0.2, 0) is 0 Å². The molecule has 1 aliphatic carbocycles. The van der Waals surface area contributed by atoms with Crippen molar-refractivity contribution in [1.29, 1.82) is 0 Å². The molecule has 0 saturated heterocycles. The molecule has 0 atom stereocenters. The Morgan fingerprint density at radius 3 is 3.00 bits per heavy atom. The van der Waals surface area contributed by atoms with Gasteiger partial charge >= 0.3 is 0 Å². The molecular formula is C12H16. The normalized spacial score (nSPS) is 16.6. The van der Waals surface area contributed by atoms with Crippen molar-refractivity contribution in [3.8, 4) is 0 Å². The van der Waals surface area contributed by atoms with Crippen LogP contribution in [-0.4, -0.2) is 0 Å². The lowest BCUT2D eigenvalue weighted by Gasteiger charge is -2.07. The lowest BCUT2D eigenvalue weighted by molar-refractivity contribution is 0.953. The Morgan fingerprint density at radius 2 is 2.25 bits per heavy atom. The Balaban J connectivity index is 2.70. The van der Waals surface area contributed by atoms with Gasteiger partial charge < -0.3 is 0 Å². The van der Waals surface area contributed by atoms with Crippen LogP contribution in [0.1, 0.15) is 26.2 Å². The minimum Gasteiger partial charge on any atom is -0.0956 e. The zero-order valence-corrected chi connectivity index (χ0v) is 7.72. The highest BCUT2D eigenvalue weighted by atomic mass is 14.0. The molecule has 0 radical (unpaired) electrons. The minimum absolute atomic E-state index is 1.06. The van der Waals surface area contributed by atoms with Gasteiger partial charge in [0, 0.05) is 0 Å². The van der Waals surface area contributed by atoms with E-state index in [0.717, 1.165) is 19.3 Å². The van der Waals surface area contributed by atoms with E-state index in [0.29, 0.717) is 0 Å². The Morgan fingerprint density at radius 1 is 1.42 bits per heavy atom. The maximum Gasteiger partial charge on any atom is -0.0242 e. The summed E-state index contributed by atoms with van der Waals surface area (Å²) in [5.41, 5.74) is 2.67. The van der Waals surface area contributed by atoms with Gasteiger partial charge in [-0.3, -0.25) is 0 Å². The van der Waals surface area contributed by atoms with Crippen molar-refractivity contribution < 1.29 is 0 Å². The van der Waals surface area contributed by atoms with Crippen molar-refractivity contribution >= 4 is 0 Å². The predicted molar refractivity (Wildman–Crippen MR) is 55.0 cm³/mol. The van der Waals surface area contributed by atoms with Gasteiger partial charge in [0.25, 0.3) is 0 Å². The van der Waals surface area contributed by atoms with Gasteiger partial charge in [0.05, 0.1) is 0 Å². The average Bonchev–Trinajstić information content (AvgIpc) is 2.02. The van der Waals surface area contributed by atoms with Crippen LogP contribution < -0.4 is 0 Å². The Kier molecular flexibility index (Phi) is 3.59. The maximum absolute atomic E-state index is 4.04. The molecule has 0 bridgehead atoms. The minimum atomic E-state index is 1.06. The van der Waals surface area contributed by atoms with Crippen LogP contribution in [0.5, 0.6) is 0 Å². The molecule has 0 saturated carbocycles. The van der Waals surface area contributed by atoms with Crippen LogP contribution in [0.25, 0.3) is 0 Å². The van der Waals surface area contributed by atoms with Gasteiger partial charge in [-0.2, -0.15) is 0 Å². The fourth-order valence-electron chi connectivity index (χ4n) is 1.25. The highest BCUT2D eigenvalue weighted by molar-refractivity contribution is 5.33. The molecule has 0 N–H and O–H groups in total. The zero-order chi connectivity index (χ0) is 8.81. The highest BCUT2D eigenvalue weighted by Crippen LogP contribution is 2.18. The van der Waals surface area contributed by atoms with Gasteiger partial charge in [-0.15, -0.1) is 0 Å². The van der Waals surface area contributed by atoms with Crippen LogP contribution in [0.15, 0.2) is 48.1 Å². The number of hydrogen-bond donors (Lipinski definition) is 0. The summed E-state index contributed by atoms with van der Waals surface area (Å²) < 4.78 is 0. The molecule has 1 aliphatic rings. The molecule has 64 valence electrons. The Hall–Kier alpha value is -1.04. The lowest BCUT2D eigenvalue weighted by Crippen LogP contribution is -1.87. The number of hydrogen-bond acceptors (Lipinski definition) is 0. The van der Waals surface area contributed by atoms with Crippen LogP contribution >= 0.6 is 0 Å². The first-order valence-electron chi connectivity index (χ1n) is 4.55. The van der Waals surface area contributed by atoms with Crippen LogP contribution in [0.3, 0.4) is 0 Å². The molecule has 0 heteroatoms. The van der Waals surface area contributed by atoms with E-state index in [4.69, 9.17) is 0 Å². The predicted octanol–water partition coefficient (Wildman–Crippen LogP) is 3.79. The first kappa shape index (κ1) is 9.05. The second-order valence-electron chi connectivity index (χ2n) is 3.00. The van der Waals surface area contributed by atoms with Crippen molar-refractivity contribution in [2.24, 2.45) is 0 Å². The topological polar surface area (TPSA) is 0 Å². The van der Waals surface area contributed by atoms with Crippen molar-refractivity contribution in [2.45, 2.75) is 26.2 Å². The summed E-state index contributed by atoms with van der Waals surface area (Å²) >= 11 is 0. The van der Waals surface area contributed by atoms with E-state index in [1.165, 1.54) is 11.1 Å². The van der Waals surface area contributed by atoms with Crippen LogP contribution in [0.4, 0.5) is 0 Å². The van der Waals surface area contributed by atoms with E-state index >= 15 is 0 Å². The fraction of sp³-hybridized carbons (Fsp3) is 0.333. The van der Waals surface area contributed by atoms with E-state index in [1.807, 2.05) is 0 Å². The lowest BCUT2D eigenvalue weighted by atomic mass is 9.99. The summed E-state index contributed by atoms with van der Waals surface area (Å²) in [7, 11) is 0. The smallest absolute Gasteiger partial charge is 0.0242 e. The molecule has 0 amide bonds. The molecule has 0 aromatic carbocycles. The van der Waals surface area contributed by atoms with Crippen LogP contribution in [0.2, 0.25) is 0 Å². The van der Waals surface area contributed by atoms with E-state index in [-0.39, 0.29) is 0 Å². The molecule has 12 heavy (non-hydrogen) atoms. The molecule has 0 aliphatic heterocycles. The SMILES string of the molecule is C=C(CC)C1=CC=CC=CCC1. The molecule has 0 nitrogen and oxygen atoms in total. The molecule has 0 aromatic rings. The number of allylic oxidation sites excluding steroid dienone is 7. The maximum atomic E-state index is 4.04. The van der Waals surface area contributed by atoms with Gasteiger partial charge in [0.15, 0.2) is 0 Å². The molecule has 0 aromatic heterocycles. The monoisotopic (exact) mass is 160 g/mol. The molecule has 0 heterocycles. The molecule has 1 rings (SSSR count).